The lowest BCUT2D eigenvalue weighted by Gasteiger charge is -2.31. The Morgan fingerprint density at radius 3 is 2.07 bits per heavy atom. The van der Waals surface area contributed by atoms with Crippen molar-refractivity contribution in [2.45, 2.75) is 81.1 Å². The van der Waals surface area contributed by atoms with Crippen LogP contribution >= 0.6 is 0 Å². The lowest BCUT2D eigenvalue weighted by atomic mass is 9.76. The van der Waals surface area contributed by atoms with Gasteiger partial charge in [0.25, 0.3) is 0 Å². The van der Waals surface area contributed by atoms with Crippen molar-refractivity contribution in [3.63, 3.8) is 0 Å². The quantitative estimate of drug-likeness (QED) is 0.306. The van der Waals surface area contributed by atoms with Gasteiger partial charge in [0.15, 0.2) is 5.75 Å². The van der Waals surface area contributed by atoms with Gasteiger partial charge in [-0.15, -0.1) is 0 Å². The maximum atomic E-state index is 11.3. The number of rotatable bonds is 10. The Kier molecular flexibility index (Phi) is 8.97. The average molecular weight is 392 g/mol. The SMILES string of the molecule is CC(CCC(COc1ccccc1[N+](=O)[O-])C(C)CC(C)(C)C)CC(C)(C)C. The predicted octanol–water partition coefficient (Wildman–Crippen LogP) is 7.51. The van der Waals surface area contributed by atoms with E-state index in [9.17, 15) is 10.1 Å². The van der Waals surface area contributed by atoms with E-state index in [1.54, 1.807) is 18.2 Å². The van der Waals surface area contributed by atoms with E-state index in [4.69, 9.17) is 4.74 Å². The summed E-state index contributed by atoms with van der Waals surface area (Å²) in [6.07, 6.45) is 4.58. The van der Waals surface area contributed by atoms with E-state index in [1.807, 2.05) is 0 Å². The molecule has 0 spiro atoms. The van der Waals surface area contributed by atoms with E-state index in [0.717, 1.165) is 19.3 Å². The molecule has 0 saturated carbocycles. The van der Waals surface area contributed by atoms with Gasteiger partial charge in [-0.3, -0.25) is 10.1 Å². The minimum absolute atomic E-state index is 0.0471. The Labute approximate surface area is 172 Å². The van der Waals surface area contributed by atoms with Crippen molar-refractivity contribution in [2.75, 3.05) is 6.61 Å². The first-order valence-corrected chi connectivity index (χ1v) is 10.6. The van der Waals surface area contributed by atoms with Crippen LogP contribution in [0.5, 0.6) is 5.75 Å². The molecule has 28 heavy (non-hydrogen) atoms. The molecule has 160 valence electrons. The standard InChI is InChI=1S/C24H41NO3/c1-18(15-23(3,4)5)13-14-20(19(2)16-24(6,7)8)17-28-22-12-10-9-11-21(22)25(26)27/h9-12,18-20H,13-17H2,1-8H3. The Morgan fingerprint density at radius 1 is 0.964 bits per heavy atom. The van der Waals surface area contributed by atoms with Crippen LogP contribution in [0.1, 0.15) is 81.1 Å². The molecule has 1 rings (SSSR count). The minimum Gasteiger partial charge on any atom is -0.487 e. The first-order valence-electron chi connectivity index (χ1n) is 10.6. The summed E-state index contributed by atoms with van der Waals surface area (Å²) in [6, 6.07) is 6.68. The Bertz CT molecular complexity index is 613. The summed E-state index contributed by atoms with van der Waals surface area (Å²) < 4.78 is 5.99. The molecular formula is C24H41NO3. The van der Waals surface area contributed by atoms with Crippen LogP contribution in [0.3, 0.4) is 0 Å². The van der Waals surface area contributed by atoms with Crippen LogP contribution < -0.4 is 4.74 Å². The molecule has 3 atom stereocenters. The summed E-state index contributed by atoms with van der Waals surface area (Å²) in [7, 11) is 0. The van der Waals surface area contributed by atoms with E-state index in [1.165, 1.54) is 12.5 Å². The maximum Gasteiger partial charge on any atom is 0.310 e. The summed E-state index contributed by atoms with van der Waals surface area (Å²) >= 11 is 0. The summed E-state index contributed by atoms with van der Waals surface area (Å²) in [4.78, 5) is 10.9. The molecule has 0 saturated heterocycles. The molecule has 0 aliphatic carbocycles. The molecular weight excluding hydrogens is 350 g/mol. The topological polar surface area (TPSA) is 52.4 Å². The summed E-state index contributed by atoms with van der Waals surface area (Å²) in [5, 5.41) is 11.3. The fourth-order valence-electron chi connectivity index (χ4n) is 4.24. The van der Waals surface area contributed by atoms with Crippen molar-refractivity contribution in [1.29, 1.82) is 0 Å². The molecule has 0 aliphatic heterocycles. The van der Waals surface area contributed by atoms with Crippen LogP contribution in [0.25, 0.3) is 0 Å². The molecule has 0 aromatic heterocycles. The fraction of sp³-hybridized carbons (Fsp3) is 0.750. The second-order valence-corrected chi connectivity index (χ2v) is 11.0. The van der Waals surface area contributed by atoms with Crippen molar-refractivity contribution in [1.82, 2.24) is 0 Å². The van der Waals surface area contributed by atoms with E-state index >= 15 is 0 Å². The third-order valence-corrected chi connectivity index (χ3v) is 5.25. The Balaban J connectivity index is 2.82. The summed E-state index contributed by atoms with van der Waals surface area (Å²) in [6.45, 7) is 18.8. The first kappa shape index (κ1) is 24.5. The maximum absolute atomic E-state index is 11.3. The molecule has 3 unspecified atom stereocenters. The normalized spacial score (nSPS) is 15.7. The van der Waals surface area contributed by atoms with E-state index in [-0.39, 0.29) is 16.0 Å². The number of nitrogens with zero attached hydrogens (tertiary/aromatic N) is 1. The molecule has 0 aliphatic rings. The first-order chi connectivity index (χ1) is 12.8. The number of hydrogen-bond acceptors (Lipinski definition) is 3. The van der Waals surface area contributed by atoms with Gasteiger partial charge in [-0.2, -0.15) is 0 Å². The van der Waals surface area contributed by atoms with Crippen LogP contribution in [0.15, 0.2) is 24.3 Å². The zero-order chi connectivity index (χ0) is 21.5. The number of nitro benzene ring substituents is 1. The summed E-state index contributed by atoms with van der Waals surface area (Å²) in [5.41, 5.74) is 0.645. The highest BCUT2D eigenvalue weighted by Crippen LogP contribution is 2.35. The number of ether oxygens (including phenoxy) is 1. The highest BCUT2D eigenvalue weighted by molar-refractivity contribution is 5.45. The van der Waals surface area contributed by atoms with Gasteiger partial charge < -0.3 is 4.74 Å². The minimum atomic E-state index is -0.367. The lowest BCUT2D eigenvalue weighted by Crippen LogP contribution is -2.25. The molecule has 0 N–H and O–H groups in total. The largest absolute Gasteiger partial charge is 0.487 e. The fourth-order valence-corrected chi connectivity index (χ4v) is 4.24. The molecule has 1 aromatic rings. The average Bonchev–Trinajstić information content (AvgIpc) is 2.51. The van der Waals surface area contributed by atoms with Gasteiger partial charge in [-0.25, -0.2) is 0 Å². The molecule has 0 heterocycles. The second-order valence-electron chi connectivity index (χ2n) is 11.0. The van der Waals surface area contributed by atoms with Gasteiger partial charge >= 0.3 is 5.69 Å². The van der Waals surface area contributed by atoms with E-state index < -0.39 is 0 Å². The number of para-hydroxylation sites is 2. The van der Waals surface area contributed by atoms with Crippen LogP contribution in [0.4, 0.5) is 5.69 Å². The van der Waals surface area contributed by atoms with Gasteiger partial charge in [0, 0.05) is 6.07 Å². The van der Waals surface area contributed by atoms with Crippen LogP contribution in [-0.4, -0.2) is 11.5 Å². The molecule has 4 nitrogen and oxygen atoms in total. The highest BCUT2D eigenvalue weighted by Gasteiger charge is 2.26. The number of nitro groups is 1. The van der Waals surface area contributed by atoms with Gasteiger partial charge in [0.05, 0.1) is 11.5 Å². The Morgan fingerprint density at radius 2 is 1.54 bits per heavy atom. The molecule has 0 fully saturated rings. The van der Waals surface area contributed by atoms with Crippen molar-refractivity contribution in [2.24, 2.45) is 28.6 Å². The number of benzene rings is 1. The monoisotopic (exact) mass is 391 g/mol. The van der Waals surface area contributed by atoms with E-state index in [0.29, 0.717) is 35.5 Å². The molecule has 0 radical (unpaired) electrons. The zero-order valence-corrected chi connectivity index (χ0v) is 19.2. The van der Waals surface area contributed by atoms with Crippen molar-refractivity contribution < 1.29 is 9.66 Å². The predicted molar refractivity (Wildman–Crippen MR) is 118 cm³/mol. The summed E-state index contributed by atoms with van der Waals surface area (Å²) in [5.74, 6) is 1.93. The third-order valence-electron chi connectivity index (χ3n) is 5.25. The smallest absolute Gasteiger partial charge is 0.310 e. The van der Waals surface area contributed by atoms with Crippen LogP contribution in [0, 0.1) is 38.7 Å². The van der Waals surface area contributed by atoms with Crippen molar-refractivity contribution in [3.05, 3.63) is 34.4 Å². The van der Waals surface area contributed by atoms with Gasteiger partial charge in [0.1, 0.15) is 0 Å². The van der Waals surface area contributed by atoms with Crippen LogP contribution in [0.2, 0.25) is 0 Å². The molecule has 4 heteroatoms. The van der Waals surface area contributed by atoms with E-state index in [2.05, 4.69) is 55.4 Å². The van der Waals surface area contributed by atoms with Crippen molar-refractivity contribution in [3.8, 4) is 5.75 Å². The highest BCUT2D eigenvalue weighted by atomic mass is 16.6. The van der Waals surface area contributed by atoms with Gasteiger partial charge in [0.2, 0.25) is 0 Å². The molecule has 1 aromatic carbocycles. The zero-order valence-electron chi connectivity index (χ0n) is 19.2. The lowest BCUT2D eigenvalue weighted by molar-refractivity contribution is -0.385. The van der Waals surface area contributed by atoms with Crippen molar-refractivity contribution >= 4 is 5.69 Å². The van der Waals surface area contributed by atoms with Gasteiger partial charge in [-0.05, 0) is 53.9 Å². The van der Waals surface area contributed by atoms with Crippen LogP contribution in [-0.2, 0) is 0 Å². The molecule has 0 bridgehead atoms. The van der Waals surface area contributed by atoms with Gasteiger partial charge in [-0.1, -0.05) is 73.9 Å². The second kappa shape index (κ2) is 10.3. The molecule has 0 amide bonds. The number of hydrogen-bond donors (Lipinski definition) is 0. The third kappa shape index (κ3) is 9.57. The Hall–Kier alpha value is -1.58.